The fourth-order valence-corrected chi connectivity index (χ4v) is 5.22. The lowest BCUT2D eigenvalue weighted by molar-refractivity contribution is 0.331. The molecule has 0 bridgehead atoms. The van der Waals surface area contributed by atoms with Gasteiger partial charge in [0.15, 0.2) is 0 Å². The van der Waals surface area contributed by atoms with Crippen molar-refractivity contribution in [1.82, 2.24) is 0 Å². The minimum Gasteiger partial charge on any atom is -0.0770 e. The minimum atomic E-state index is 0.267. The van der Waals surface area contributed by atoms with Crippen LogP contribution in [0.1, 0.15) is 109 Å². The van der Waals surface area contributed by atoms with E-state index in [4.69, 9.17) is 0 Å². The number of hydrogen-bond donors (Lipinski definition) is 0. The summed E-state index contributed by atoms with van der Waals surface area (Å²) in [4.78, 5) is 0. The molecule has 0 saturated heterocycles. The fourth-order valence-electron chi connectivity index (χ4n) is 5.22. The topological polar surface area (TPSA) is 0 Å². The number of aryl methyl sites for hydroxylation is 1. The third-order valence-corrected chi connectivity index (χ3v) is 7.43. The summed E-state index contributed by atoms with van der Waals surface area (Å²) in [6, 6.07) is 5.02. The summed E-state index contributed by atoms with van der Waals surface area (Å²) in [7, 11) is 0. The van der Waals surface area contributed by atoms with Crippen LogP contribution in [0.5, 0.6) is 0 Å². The summed E-state index contributed by atoms with van der Waals surface area (Å²) in [6.45, 7) is 16.6. The van der Waals surface area contributed by atoms with Crippen LogP contribution in [0.25, 0.3) is 5.57 Å². The van der Waals surface area contributed by atoms with Gasteiger partial charge in [-0.1, -0.05) is 96.7 Å². The Morgan fingerprint density at radius 1 is 1.00 bits per heavy atom. The lowest BCUT2D eigenvalue weighted by Crippen LogP contribution is -2.34. The van der Waals surface area contributed by atoms with Gasteiger partial charge in [0, 0.05) is 5.92 Å². The monoisotopic (exact) mass is 390 g/mol. The molecule has 1 unspecified atom stereocenters. The van der Waals surface area contributed by atoms with Gasteiger partial charge in [-0.3, -0.25) is 0 Å². The van der Waals surface area contributed by atoms with Gasteiger partial charge in [-0.25, -0.2) is 0 Å². The van der Waals surface area contributed by atoms with Crippen LogP contribution in [0, 0.1) is 12.8 Å². The molecule has 0 aliphatic heterocycles. The summed E-state index contributed by atoms with van der Waals surface area (Å²) >= 11 is 0. The standard InChI is InChI=1S/C29H42/c1-8-9-10-11-13-23-14-12-15-24(23)18-21(2)25-20-27-26(19-22(25)3)28(4,5)16-17-29(27,6)7/h12,14-15,18-20,23H,8-11,13,16-17H2,1-7H3/b21-18+. The molecule has 0 heterocycles. The summed E-state index contributed by atoms with van der Waals surface area (Å²) in [5.74, 6) is 0.607. The number of unbranched alkanes of at least 4 members (excludes halogenated alkanes) is 3. The second kappa shape index (κ2) is 8.66. The van der Waals surface area contributed by atoms with Crippen molar-refractivity contribution in [2.24, 2.45) is 5.92 Å². The zero-order chi connectivity index (χ0) is 21.2. The van der Waals surface area contributed by atoms with E-state index in [1.807, 2.05) is 0 Å². The molecule has 0 spiro atoms. The van der Waals surface area contributed by atoms with Gasteiger partial charge in [-0.15, -0.1) is 0 Å². The van der Waals surface area contributed by atoms with Crippen molar-refractivity contribution in [2.45, 2.75) is 104 Å². The van der Waals surface area contributed by atoms with Crippen molar-refractivity contribution in [3.8, 4) is 0 Å². The molecule has 2 aliphatic rings. The zero-order valence-electron chi connectivity index (χ0n) is 20.0. The third-order valence-electron chi connectivity index (χ3n) is 7.43. The van der Waals surface area contributed by atoms with Gasteiger partial charge in [0.05, 0.1) is 0 Å². The molecule has 0 fully saturated rings. The first kappa shape index (κ1) is 22.1. The Balaban J connectivity index is 1.87. The van der Waals surface area contributed by atoms with Crippen LogP contribution >= 0.6 is 0 Å². The van der Waals surface area contributed by atoms with Gasteiger partial charge < -0.3 is 0 Å². The second-order valence-corrected chi connectivity index (χ2v) is 10.8. The second-order valence-electron chi connectivity index (χ2n) is 10.8. The maximum Gasteiger partial charge on any atom is 0.00211 e. The molecule has 158 valence electrons. The number of benzene rings is 1. The molecule has 0 nitrogen and oxygen atoms in total. The molecular formula is C29H42. The van der Waals surface area contributed by atoms with Gasteiger partial charge in [0.2, 0.25) is 0 Å². The number of hydrogen-bond acceptors (Lipinski definition) is 0. The maximum absolute atomic E-state index is 2.52. The lowest BCUT2D eigenvalue weighted by Gasteiger charge is -2.42. The molecule has 3 rings (SSSR count). The quantitative estimate of drug-likeness (QED) is 0.408. The average Bonchev–Trinajstić information content (AvgIpc) is 3.09. The first-order valence-electron chi connectivity index (χ1n) is 11.9. The van der Waals surface area contributed by atoms with E-state index in [9.17, 15) is 0 Å². The van der Waals surface area contributed by atoms with Crippen LogP contribution in [-0.4, -0.2) is 0 Å². The van der Waals surface area contributed by atoms with E-state index in [1.165, 1.54) is 67.2 Å². The van der Waals surface area contributed by atoms with Crippen molar-refractivity contribution >= 4 is 5.57 Å². The molecule has 1 aromatic rings. The highest BCUT2D eigenvalue weighted by atomic mass is 14.4. The van der Waals surface area contributed by atoms with E-state index in [2.05, 4.69) is 84.9 Å². The minimum absolute atomic E-state index is 0.267. The first-order chi connectivity index (χ1) is 13.7. The highest BCUT2D eigenvalue weighted by Gasteiger charge is 2.37. The van der Waals surface area contributed by atoms with Crippen LogP contribution in [0.2, 0.25) is 0 Å². The highest BCUT2D eigenvalue weighted by molar-refractivity contribution is 5.71. The van der Waals surface area contributed by atoms with E-state index in [0.717, 1.165) is 0 Å². The highest BCUT2D eigenvalue weighted by Crippen LogP contribution is 2.47. The van der Waals surface area contributed by atoms with E-state index >= 15 is 0 Å². The molecule has 0 heteroatoms. The molecule has 1 aromatic carbocycles. The number of allylic oxidation sites excluding steroid dienone is 6. The Bertz CT molecular complexity index is 826. The normalized spacial score (nSPS) is 22.5. The van der Waals surface area contributed by atoms with E-state index in [1.54, 1.807) is 11.1 Å². The summed E-state index contributed by atoms with van der Waals surface area (Å²) in [6.07, 6.45) is 18.7. The SMILES string of the molecule is CCCCCCC1C=CC=C1/C=C(\C)c1cc2c(cc1C)C(C)(C)CCC2(C)C. The largest absolute Gasteiger partial charge is 0.0770 e. The maximum atomic E-state index is 2.52. The molecule has 0 amide bonds. The fraction of sp³-hybridized carbons (Fsp3) is 0.586. The number of fused-ring (bicyclic) bond motifs is 1. The molecule has 0 aromatic heterocycles. The Kier molecular flexibility index (Phi) is 6.61. The summed E-state index contributed by atoms with van der Waals surface area (Å²) < 4.78 is 0. The van der Waals surface area contributed by atoms with Gasteiger partial charge >= 0.3 is 0 Å². The Morgan fingerprint density at radius 3 is 2.31 bits per heavy atom. The molecule has 0 N–H and O–H groups in total. The first-order valence-corrected chi connectivity index (χ1v) is 11.9. The predicted molar refractivity (Wildman–Crippen MR) is 130 cm³/mol. The Morgan fingerprint density at radius 2 is 1.66 bits per heavy atom. The molecular weight excluding hydrogens is 348 g/mol. The van der Waals surface area contributed by atoms with Crippen molar-refractivity contribution in [2.75, 3.05) is 0 Å². The van der Waals surface area contributed by atoms with Crippen LogP contribution < -0.4 is 0 Å². The summed E-state index contributed by atoms with van der Waals surface area (Å²) in [5.41, 5.74) is 9.46. The van der Waals surface area contributed by atoms with Crippen LogP contribution in [0.3, 0.4) is 0 Å². The zero-order valence-corrected chi connectivity index (χ0v) is 20.0. The predicted octanol–water partition coefficient (Wildman–Crippen LogP) is 8.83. The van der Waals surface area contributed by atoms with Crippen LogP contribution in [0.4, 0.5) is 0 Å². The molecule has 0 radical (unpaired) electrons. The van der Waals surface area contributed by atoms with Crippen molar-refractivity contribution < 1.29 is 0 Å². The third kappa shape index (κ3) is 4.79. The van der Waals surface area contributed by atoms with E-state index in [-0.39, 0.29) is 10.8 Å². The molecule has 0 saturated carbocycles. The Hall–Kier alpha value is -1.56. The number of rotatable bonds is 7. The van der Waals surface area contributed by atoms with E-state index < -0.39 is 0 Å². The summed E-state index contributed by atoms with van der Waals surface area (Å²) in [5, 5.41) is 0. The smallest absolute Gasteiger partial charge is 0.00211 e. The van der Waals surface area contributed by atoms with Gasteiger partial charge in [0.25, 0.3) is 0 Å². The molecule has 2 aliphatic carbocycles. The molecule has 29 heavy (non-hydrogen) atoms. The van der Waals surface area contributed by atoms with Gasteiger partial charge in [-0.05, 0) is 77.3 Å². The van der Waals surface area contributed by atoms with Crippen molar-refractivity contribution in [1.29, 1.82) is 0 Å². The van der Waals surface area contributed by atoms with Gasteiger partial charge in [0.1, 0.15) is 0 Å². The molecule has 1 atom stereocenters. The van der Waals surface area contributed by atoms with Crippen molar-refractivity contribution in [3.05, 3.63) is 64.3 Å². The van der Waals surface area contributed by atoms with Crippen molar-refractivity contribution in [3.63, 3.8) is 0 Å². The lowest BCUT2D eigenvalue weighted by atomic mass is 9.62. The van der Waals surface area contributed by atoms with E-state index in [0.29, 0.717) is 5.92 Å². The van der Waals surface area contributed by atoms with Crippen LogP contribution in [-0.2, 0) is 10.8 Å². The Labute approximate surface area is 180 Å². The van der Waals surface area contributed by atoms with Crippen LogP contribution in [0.15, 0.2) is 42.0 Å². The van der Waals surface area contributed by atoms with Gasteiger partial charge in [-0.2, -0.15) is 0 Å². The average molecular weight is 391 g/mol.